The molecule has 0 amide bonds. The molecule has 0 bridgehead atoms. The Labute approximate surface area is 89.0 Å². The highest BCUT2D eigenvalue weighted by Gasteiger charge is 2.07. The van der Waals surface area contributed by atoms with Gasteiger partial charge < -0.3 is 5.11 Å². The third kappa shape index (κ3) is 2.01. The summed E-state index contributed by atoms with van der Waals surface area (Å²) in [5.41, 5.74) is 2.05. The van der Waals surface area contributed by atoms with Crippen LogP contribution in [0.3, 0.4) is 0 Å². The Kier molecular flexibility index (Phi) is 2.72. The van der Waals surface area contributed by atoms with Crippen molar-refractivity contribution in [2.24, 2.45) is 0 Å². The number of nitrogens with zero attached hydrogens (tertiary/aromatic N) is 2. The second-order valence-electron chi connectivity index (χ2n) is 3.48. The van der Waals surface area contributed by atoms with Gasteiger partial charge in [-0.05, 0) is 12.0 Å². The van der Waals surface area contributed by atoms with E-state index >= 15 is 0 Å². The molecular formula is C12H14N2O. The summed E-state index contributed by atoms with van der Waals surface area (Å²) in [5, 5.41) is 13.4. The van der Waals surface area contributed by atoms with Gasteiger partial charge in [0.05, 0.1) is 5.69 Å². The highest BCUT2D eigenvalue weighted by molar-refractivity contribution is 5.60. The first-order valence-electron chi connectivity index (χ1n) is 5.13. The molecule has 0 aliphatic heterocycles. The van der Waals surface area contributed by atoms with Crippen molar-refractivity contribution in [3.8, 4) is 17.1 Å². The molecule has 1 N–H and O–H groups in total. The van der Waals surface area contributed by atoms with E-state index in [1.54, 1.807) is 6.07 Å². The van der Waals surface area contributed by atoms with E-state index in [1.807, 2.05) is 35.0 Å². The third-order valence-corrected chi connectivity index (χ3v) is 2.27. The first-order valence-corrected chi connectivity index (χ1v) is 5.13. The zero-order valence-electron chi connectivity index (χ0n) is 8.72. The molecule has 0 unspecified atom stereocenters. The van der Waals surface area contributed by atoms with E-state index in [1.165, 1.54) is 0 Å². The Balaban J connectivity index is 2.43. The molecule has 2 rings (SSSR count). The summed E-state index contributed by atoms with van der Waals surface area (Å²) in [6.45, 7) is 2.91. The molecule has 0 atom stereocenters. The molecule has 78 valence electrons. The maximum absolute atomic E-state index is 9.39. The molecular weight excluding hydrogens is 188 g/mol. The van der Waals surface area contributed by atoms with Gasteiger partial charge in [-0.25, -0.2) is 0 Å². The van der Waals surface area contributed by atoms with Crippen LogP contribution in [0.1, 0.15) is 13.3 Å². The Morgan fingerprint density at radius 3 is 2.67 bits per heavy atom. The summed E-state index contributed by atoms with van der Waals surface area (Å²) in [6.07, 6.45) is 1.00. The molecule has 0 radical (unpaired) electrons. The molecule has 3 heteroatoms. The Bertz CT molecular complexity index is 434. The van der Waals surface area contributed by atoms with Gasteiger partial charge >= 0.3 is 0 Å². The van der Waals surface area contributed by atoms with Gasteiger partial charge in [-0.15, -0.1) is 5.10 Å². The van der Waals surface area contributed by atoms with Crippen LogP contribution in [-0.4, -0.2) is 14.9 Å². The molecule has 0 aliphatic carbocycles. The van der Waals surface area contributed by atoms with Gasteiger partial charge in [0.25, 0.3) is 0 Å². The summed E-state index contributed by atoms with van der Waals surface area (Å²) in [6, 6.07) is 11.7. The van der Waals surface area contributed by atoms with Crippen LogP contribution in [0.2, 0.25) is 0 Å². The van der Waals surface area contributed by atoms with E-state index in [2.05, 4.69) is 12.0 Å². The quantitative estimate of drug-likeness (QED) is 0.830. The zero-order chi connectivity index (χ0) is 10.7. The summed E-state index contributed by atoms with van der Waals surface area (Å²) in [4.78, 5) is 0. The van der Waals surface area contributed by atoms with Crippen LogP contribution >= 0.6 is 0 Å². The molecule has 1 aromatic heterocycles. The number of aromatic nitrogens is 2. The van der Waals surface area contributed by atoms with Gasteiger partial charge in [-0.2, -0.15) is 0 Å². The molecule has 1 aromatic carbocycles. The van der Waals surface area contributed by atoms with Crippen molar-refractivity contribution >= 4 is 0 Å². The molecule has 0 aliphatic rings. The Hall–Kier alpha value is -1.77. The summed E-state index contributed by atoms with van der Waals surface area (Å²) < 4.78 is 1.84. The average molecular weight is 202 g/mol. The maximum atomic E-state index is 9.39. The number of hydrogen-bond acceptors (Lipinski definition) is 2. The van der Waals surface area contributed by atoms with Crippen LogP contribution in [0.4, 0.5) is 0 Å². The van der Waals surface area contributed by atoms with E-state index in [-0.39, 0.29) is 5.88 Å². The second-order valence-corrected chi connectivity index (χ2v) is 3.48. The normalized spacial score (nSPS) is 10.5. The molecule has 0 saturated heterocycles. The zero-order valence-corrected chi connectivity index (χ0v) is 8.72. The molecule has 2 aromatic rings. The summed E-state index contributed by atoms with van der Waals surface area (Å²) in [7, 11) is 0. The fourth-order valence-electron chi connectivity index (χ4n) is 1.63. The topological polar surface area (TPSA) is 38.0 Å². The number of rotatable bonds is 3. The smallest absolute Gasteiger partial charge is 0.230 e. The van der Waals surface area contributed by atoms with E-state index in [0.29, 0.717) is 0 Å². The monoisotopic (exact) mass is 202 g/mol. The fraction of sp³-hybridized carbons (Fsp3) is 0.250. The van der Waals surface area contributed by atoms with E-state index in [9.17, 15) is 5.11 Å². The first-order chi connectivity index (χ1) is 7.31. The predicted octanol–water partition coefficient (Wildman–Crippen LogP) is 2.67. The molecule has 0 saturated carbocycles. The van der Waals surface area contributed by atoms with Gasteiger partial charge in [-0.1, -0.05) is 37.3 Å². The van der Waals surface area contributed by atoms with Gasteiger partial charge in [-0.3, -0.25) is 4.68 Å². The molecule has 0 fully saturated rings. The molecule has 0 spiro atoms. The lowest BCUT2D eigenvalue weighted by Gasteiger charge is -2.04. The minimum Gasteiger partial charge on any atom is -0.492 e. The number of aryl methyl sites for hydroxylation is 1. The van der Waals surface area contributed by atoms with Crippen LogP contribution in [0, 0.1) is 0 Å². The summed E-state index contributed by atoms with van der Waals surface area (Å²) in [5.74, 6) is 0.0855. The summed E-state index contributed by atoms with van der Waals surface area (Å²) >= 11 is 0. The minimum atomic E-state index is 0.0855. The van der Waals surface area contributed by atoms with Crippen LogP contribution in [0.25, 0.3) is 11.3 Å². The SMILES string of the molecule is CCCn1nc(O)cc1-c1ccccc1. The second kappa shape index (κ2) is 4.17. The highest BCUT2D eigenvalue weighted by Crippen LogP contribution is 2.22. The molecule has 15 heavy (non-hydrogen) atoms. The van der Waals surface area contributed by atoms with Gasteiger partial charge in [0.15, 0.2) is 0 Å². The van der Waals surface area contributed by atoms with Crippen molar-refractivity contribution in [1.29, 1.82) is 0 Å². The van der Waals surface area contributed by atoms with Crippen molar-refractivity contribution in [3.05, 3.63) is 36.4 Å². The lowest BCUT2D eigenvalue weighted by molar-refractivity contribution is 0.436. The molecule has 1 heterocycles. The van der Waals surface area contributed by atoms with Gasteiger partial charge in [0.1, 0.15) is 0 Å². The van der Waals surface area contributed by atoms with Crippen LogP contribution in [0.15, 0.2) is 36.4 Å². The van der Waals surface area contributed by atoms with Crippen LogP contribution in [-0.2, 0) is 6.54 Å². The predicted molar refractivity (Wildman–Crippen MR) is 59.6 cm³/mol. The highest BCUT2D eigenvalue weighted by atomic mass is 16.3. The van der Waals surface area contributed by atoms with E-state index in [4.69, 9.17) is 0 Å². The lowest BCUT2D eigenvalue weighted by Crippen LogP contribution is -2.00. The van der Waals surface area contributed by atoms with Crippen LogP contribution in [0.5, 0.6) is 5.88 Å². The number of hydrogen-bond donors (Lipinski definition) is 1. The average Bonchev–Trinajstić information content (AvgIpc) is 2.62. The number of aromatic hydroxyl groups is 1. The number of benzene rings is 1. The maximum Gasteiger partial charge on any atom is 0.230 e. The third-order valence-electron chi connectivity index (χ3n) is 2.27. The Morgan fingerprint density at radius 2 is 2.00 bits per heavy atom. The lowest BCUT2D eigenvalue weighted by atomic mass is 10.1. The molecule has 3 nitrogen and oxygen atoms in total. The standard InChI is InChI=1S/C12H14N2O/c1-2-8-14-11(9-12(15)13-14)10-6-4-3-5-7-10/h3-7,9H,2,8H2,1H3,(H,13,15). The van der Waals surface area contributed by atoms with Gasteiger partial charge in [0.2, 0.25) is 5.88 Å². The van der Waals surface area contributed by atoms with Crippen molar-refractivity contribution in [1.82, 2.24) is 9.78 Å². The van der Waals surface area contributed by atoms with Crippen molar-refractivity contribution in [2.75, 3.05) is 0 Å². The van der Waals surface area contributed by atoms with Gasteiger partial charge in [0, 0.05) is 12.6 Å². The Morgan fingerprint density at radius 1 is 1.27 bits per heavy atom. The van der Waals surface area contributed by atoms with Crippen molar-refractivity contribution < 1.29 is 5.11 Å². The largest absolute Gasteiger partial charge is 0.492 e. The minimum absolute atomic E-state index is 0.0855. The van der Waals surface area contributed by atoms with Crippen molar-refractivity contribution in [2.45, 2.75) is 19.9 Å². The van der Waals surface area contributed by atoms with E-state index in [0.717, 1.165) is 24.2 Å². The van der Waals surface area contributed by atoms with E-state index < -0.39 is 0 Å². The van der Waals surface area contributed by atoms with Crippen LogP contribution < -0.4 is 0 Å². The first kappa shape index (κ1) is 9.77. The van der Waals surface area contributed by atoms with Crippen molar-refractivity contribution in [3.63, 3.8) is 0 Å². The fourth-order valence-corrected chi connectivity index (χ4v) is 1.63.